The van der Waals surface area contributed by atoms with Crippen LogP contribution in [0.25, 0.3) is 0 Å². The molecule has 0 saturated carbocycles. The maximum absolute atomic E-state index is 14.3. The standard InChI is InChI=1S/C11H21FN2.3C2H6/c1-10-7-14(8-10)9-11(12)3-5-13(2)6-4-11;3*1-2/h10H,3-9H2,1-2H3;3*1-2H3. The van der Waals surface area contributed by atoms with Gasteiger partial charge >= 0.3 is 0 Å². The highest BCUT2D eigenvalue weighted by atomic mass is 19.1. The number of hydrogen-bond donors (Lipinski definition) is 0. The first kappa shape index (κ1) is 22.1. The van der Waals surface area contributed by atoms with E-state index in [1.54, 1.807) is 0 Å². The van der Waals surface area contributed by atoms with Crippen molar-refractivity contribution in [2.75, 3.05) is 39.8 Å². The maximum atomic E-state index is 14.3. The van der Waals surface area contributed by atoms with Gasteiger partial charge in [-0.1, -0.05) is 48.5 Å². The van der Waals surface area contributed by atoms with E-state index in [1.165, 1.54) is 0 Å². The summed E-state index contributed by atoms with van der Waals surface area (Å²) < 4.78 is 14.3. The molecule has 3 heteroatoms. The molecule has 2 nitrogen and oxygen atoms in total. The molecule has 0 aromatic carbocycles. The van der Waals surface area contributed by atoms with Crippen LogP contribution in [0.4, 0.5) is 4.39 Å². The van der Waals surface area contributed by atoms with Gasteiger partial charge in [-0.05, 0) is 25.8 Å². The van der Waals surface area contributed by atoms with Gasteiger partial charge in [0.25, 0.3) is 0 Å². The number of alkyl halides is 1. The Labute approximate surface area is 127 Å². The summed E-state index contributed by atoms with van der Waals surface area (Å²) in [5.41, 5.74) is -0.896. The number of rotatable bonds is 2. The van der Waals surface area contributed by atoms with Crippen LogP contribution >= 0.6 is 0 Å². The fourth-order valence-corrected chi connectivity index (χ4v) is 2.54. The van der Waals surface area contributed by atoms with Crippen LogP contribution in [0.5, 0.6) is 0 Å². The predicted octanol–water partition coefficient (Wildman–Crippen LogP) is 4.45. The summed E-state index contributed by atoms with van der Waals surface area (Å²) >= 11 is 0. The molecule has 2 saturated heterocycles. The average Bonchev–Trinajstić information content (AvgIpc) is 2.47. The minimum atomic E-state index is -0.896. The second kappa shape index (κ2) is 12.6. The molecule has 0 unspecified atom stereocenters. The first-order chi connectivity index (χ1) is 9.57. The number of likely N-dealkylation sites (tertiary alicyclic amines) is 2. The smallest absolute Gasteiger partial charge is 0.126 e. The molecule has 2 fully saturated rings. The van der Waals surface area contributed by atoms with Crippen LogP contribution < -0.4 is 0 Å². The van der Waals surface area contributed by atoms with Gasteiger partial charge in [0.05, 0.1) is 0 Å². The number of nitrogens with zero attached hydrogens (tertiary/aromatic N) is 2. The lowest BCUT2D eigenvalue weighted by Gasteiger charge is -2.43. The van der Waals surface area contributed by atoms with Crippen LogP contribution in [0.1, 0.15) is 61.3 Å². The molecule has 0 atom stereocenters. The van der Waals surface area contributed by atoms with Gasteiger partial charge < -0.3 is 4.90 Å². The molecule has 0 spiro atoms. The van der Waals surface area contributed by atoms with Crippen LogP contribution in [0.3, 0.4) is 0 Å². The van der Waals surface area contributed by atoms with Crippen molar-refractivity contribution in [2.24, 2.45) is 5.92 Å². The van der Waals surface area contributed by atoms with Gasteiger partial charge in [0.2, 0.25) is 0 Å². The van der Waals surface area contributed by atoms with Gasteiger partial charge in [0.1, 0.15) is 5.67 Å². The highest BCUT2D eigenvalue weighted by molar-refractivity contribution is 4.91. The molecular weight excluding hydrogens is 251 g/mol. The Balaban J connectivity index is 0. The molecule has 0 amide bonds. The minimum absolute atomic E-state index is 0.672. The van der Waals surface area contributed by atoms with Crippen molar-refractivity contribution >= 4 is 0 Å². The lowest BCUT2D eigenvalue weighted by atomic mass is 9.90. The lowest BCUT2D eigenvalue weighted by Crippen LogP contribution is -2.54. The van der Waals surface area contributed by atoms with Crippen molar-refractivity contribution in [1.82, 2.24) is 9.80 Å². The first-order valence-electron chi connectivity index (χ1n) is 8.67. The van der Waals surface area contributed by atoms with Crippen molar-refractivity contribution in [3.05, 3.63) is 0 Å². The summed E-state index contributed by atoms with van der Waals surface area (Å²) in [7, 11) is 2.07. The normalized spacial score (nSPS) is 22.1. The molecule has 0 N–H and O–H groups in total. The first-order valence-corrected chi connectivity index (χ1v) is 8.67. The molecule has 124 valence electrons. The summed E-state index contributed by atoms with van der Waals surface area (Å²) in [5, 5.41) is 0. The second-order valence-corrected chi connectivity index (χ2v) is 5.25. The van der Waals surface area contributed by atoms with E-state index in [4.69, 9.17) is 0 Å². The largest absolute Gasteiger partial charge is 0.306 e. The van der Waals surface area contributed by atoms with Gasteiger partial charge in [-0.25, -0.2) is 4.39 Å². The Hall–Kier alpha value is -0.150. The number of halogens is 1. The Morgan fingerprint density at radius 1 is 0.950 bits per heavy atom. The zero-order valence-corrected chi connectivity index (χ0v) is 15.3. The Bertz CT molecular complexity index is 195. The van der Waals surface area contributed by atoms with Crippen LogP contribution in [0.15, 0.2) is 0 Å². The quantitative estimate of drug-likeness (QED) is 0.741. The Kier molecular flexibility index (Phi) is 13.9. The zero-order chi connectivity index (χ0) is 16.2. The van der Waals surface area contributed by atoms with Gasteiger partial charge in [-0.3, -0.25) is 4.90 Å². The van der Waals surface area contributed by atoms with E-state index >= 15 is 0 Å². The molecule has 0 bridgehead atoms. The fourth-order valence-electron chi connectivity index (χ4n) is 2.54. The van der Waals surface area contributed by atoms with Crippen molar-refractivity contribution in [3.8, 4) is 0 Å². The highest BCUT2D eigenvalue weighted by Gasteiger charge is 2.37. The highest BCUT2D eigenvalue weighted by Crippen LogP contribution is 2.29. The second-order valence-electron chi connectivity index (χ2n) is 5.25. The van der Waals surface area contributed by atoms with E-state index in [9.17, 15) is 4.39 Å². The molecule has 2 rings (SSSR count). The third-order valence-corrected chi connectivity index (χ3v) is 3.53. The summed E-state index contributed by atoms with van der Waals surface area (Å²) in [6, 6.07) is 0. The summed E-state index contributed by atoms with van der Waals surface area (Å²) in [6.45, 7) is 18.9. The molecule has 0 aromatic heterocycles. The molecule has 2 aliphatic heterocycles. The van der Waals surface area contributed by atoms with E-state index in [-0.39, 0.29) is 0 Å². The molecule has 0 radical (unpaired) electrons. The molecule has 0 aliphatic carbocycles. The molecule has 2 aliphatic rings. The van der Waals surface area contributed by atoms with Crippen LogP contribution in [-0.2, 0) is 0 Å². The monoisotopic (exact) mass is 290 g/mol. The maximum Gasteiger partial charge on any atom is 0.126 e. The zero-order valence-electron chi connectivity index (χ0n) is 15.3. The molecule has 20 heavy (non-hydrogen) atoms. The number of piperidine rings is 1. The Morgan fingerprint density at radius 3 is 1.70 bits per heavy atom. The SMILES string of the molecule is CC.CC.CC.CC1CN(CC2(F)CCN(C)CC2)C1. The van der Waals surface area contributed by atoms with E-state index < -0.39 is 5.67 Å². The predicted molar refractivity (Wildman–Crippen MR) is 90.2 cm³/mol. The Morgan fingerprint density at radius 2 is 1.35 bits per heavy atom. The van der Waals surface area contributed by atoms with E-state index in [1.807, 2.05) is 41.5 Å². The third kappa shape index (κ3) is 8.21. The van der Waals surface area contributed by atoms with Crippen molar-refractivity contribution in [3.63, 3.8) is 0 Å². The average molecular weight is 291 g/mol. The summed E-state index contributed by atoms with van der Waals surface area (Å²) in [6.07, 6.45) is 1.43. The van der Waals surface area contributed by atoms with Crippen molar-refractivity contribution in [1.29, 1.82) is 0 Å². The van der Waals surface area contributed by atoms with E-state index in [0.29, 0.717) is 19.4 Å². The van der Waals surface area contributed by atoms with E-state index in [0.717, 1.165) is 32.1 Å². The molecular formula is C17H39FN2. The topological polar surface area (TPSA) is 6.48 Å². The van der Waals surface area contributed by atoms with Crippen LogP contribution in [-0.4, -0.2) is 55.2 Å². The molecule has 2 heterocycles. The van der Waals surface area contributed by atoms with Gasteiger partial charge in [-0.15, -0.1) is 0 Å². The third-order valence-electron chi connectivity index (χ3n) is 3.53. The number of hydrogen-bond acceptors (Lipinski definition) is 2. The van der Waals surface area contributed by atoms with Crippen molar-refractivity contribution < 1.29 is 4.39 Å². The van der Waals surface area contributed by atoms with Gasteiger partial charge in [-0.2, -0.15) is 0 Å². The molecule has 0 aromatic rings. The lowest BCUT2D eigenvalue weighted by molar-refractivity contribution is -0.00473. The summed E-state index contributed by atoms with van der Waals surface area (Å²) in [5.74, 6) is 0.782. The van der Waals surface area contributed by atoms with Crippen molar-refractivity contribution in [2.45, 2.75) is 67.0 Å². The van der Waals surface area contributed by atoms with Gasteiger partial charge in [0.15, 0.2) is 0 Å². The van der Waals surface area contributed by atoms with Gasteiger partial charge in [0, 0.05) is 32.7 Å². The van der Waals surface area contributed by atoms with E-state index in [2.05, 4.69) is 23.8 Å². The van der Waals surface area contributed by atoms with Crippen LogP contribution in [0.2, 0.25) is 0 Å². The fraction of sp³-hybridized carbons (Fsp3) is 1.00. The minimum Gasteiger partial charge on any atom is -0.306 e. The summed E-state index contributed by atoms with van der Waals surface area (Å²) in [4.78, 5) is 4.48. The van der Waals surface area contributed by atoms with Crippen LogP contribution in [0, 0.1) is 5.92 Å².